The summed E-state index contributed by atoms with van der Waals surface area (Å²) in [6.45, 7) is 6.01. The number of aryl methyl sites for hydroxylation is 1. The van der Waals surface area contributed by atoms with Gasteiger partial charge in [0.1, 0.15) is 0 Å². The average Bonchev–Trinajstić information content (AvgIpc) is 2.69. The monoisotopic (exact) mass is 224 g/mol. The third-order valence-electron chi connectivity index (χ3n) is 2.47. The zero-order valence-corrected chi connectivity index (χ0v) is 9.99. The number of H-pyrrole nitrogens is 1. The summed E-state index contributed by atoms with van der Waals surface area (Å²) in [5.74, 6) is 0.0431. The van der Waals surface area contributed by atoms with Gasteiger partial charge >= 0.3 is 0 Å². The molecule has 1 amide bonds. The third kappa shape index (κ3) is 3.06. The van der Waals surface area contributed by atoms with Crippen LogP contribution in [0.3, 0.4) is 0 Å². The van der Waals surface area contributed by atoms with Crippen LogP contribution in [-0.2, 0) is 0 Å². The van der Waals surface area contributed by atoms with E-state index in [4.69, 9.17) is 5.73 Å². The van der Waals surface area contributed by atoms with E-state index in [9.17, 15) is 4.79 Å². The first kappa shape index (κ1) is 12.7. The smallest absolute Gasteiger partial charge is 0.257 e. The van der Waals surface area contributed by atoms with Gasteiger partial charge in [0.05, 0.1) is 11.8 Å². The minimum Gasteiger partial charge on any atom is -0.339 e. The van der Waals surface area contributed by atoms with Crippen LogP contribution in [0.25, 0.3) is 0 Å². The van der Waals surface area contributed by atoms with E-state index in [1.54, 1.807) is 6.20 Å². The Bertz CT molecular complexity index is 334. The number of rotatable bonds is 6. The van der Waals surface area contributed by atoms with Crippen LogP contribution < -0.4 is 5.73 Å². The van der Waals surface area contributed by atoms with E-state index >= 15 is 0 Å². The highest BCUT2D eigenvalue weighted by atomic mass is 16.2. The molecule has 5 nitrogen and oxygen atoms in total. The second kappa shape index (κ2) is 6.27. The van der Waals surface area contributed by atoms with Gasteiger partial charge in [-0.05, 0) is 26.3 Å². The molecule has 0 aliphatic heterocycles. The highest BCUT2D eigenvalue weighted by Gasteiger charge is 2.17. The average molecular weight is 224 g/mol. The van der Waals surface area contributed by atoms with E-state index in [1.165, 1.54) is 0 Å². The molecule has 0 unspecified atom stereocenters. The Kier molecular flexibility index (Phi) is 4.98. The number of nitrogens with one attached hydrogen (secondary N) is 1. The molecule has 1 heterocycles. The first-order valence-electron chi connectivity index (χ1n) is 5.70. The van der Waals surface area contributed by atoms with Gasteiger partial charge in [0.2, 0.25) is 0 Å². The molecule has 5 heteroatoms. The standard InChI is InChI=1S/C11H20N4O/c1-3-6-15(7-4-5-12)11(16)10-8-13-14-9(10)2/h8H,3-7,12H2,1-2H3,(H,13,14). The minimum atomic E-state index is 0.0431. The lowest BCUT2D eigenvalue weighted by Gasteiger charge is -2.21. The number of aromatic amines is 1. The second-order valence-corrected chi connectivity index (χ2v) is 3.84. The van der Waals surface area contributed by atoms with Gasteiger partial charge < -0.3 is 10.6 Å². The molecule has 0 atom stereocenters. The first-order valence-corrected chi connectivity index (χ1v) is 5.70. The molecule has 0 radical (unpaired) electrons. The number of hydrogen-bond donors (Lipinski definition) is 2. The second-order valence-electron chi connectivity index (χ2n) is 3.84. The van der Waals surface area contributed by atoms with Gasteiger partial charge in [0.25, 0.3) is 5.91 Å². The Balaban J connectivity index is 2.70. The van der Waals surface area contributed by atoms with Crippen molar-refractivity contribution < 1.29 is 4.79 Å². The van der Waals surface area contributed by atoms with Crippen molar-refractivity contribution in [2.45, 2.75) is 26.7 Å². The van der Waals surface area contributed by atoms with Crippen molar-refractivity contribution in [1.82, 2.24) is 15.1 Å². The molecule has 0 bridgehead atoms. The third-order valence-corrected chi connectivity index (χ3v) is 2.47. The molecule has 0 aromatic carbocycles. The largest absolute Gasteiger partial charge is 0.339 e. The summed E-state index contributed by atoms with van der Waals surface area (Å²) in [5, 5.41) is 6.65. The van der Waals surface area contributed by atoms with Crippen LogP contribution in [0.5, 0.6) is 0 Å². The molecule has 1 rings (SSSR count). The van der Waals surface area contributed by atoms with E-state index in [0.29, 0.717) is 18.7 Å². The zero-order valence-electron chi connectivity index (χ0n) is 9.99. The summed E-state index contributed by atoms with van der Waals surface area (Å²) in [5.41, 5.74) is 6.94. The summed E-state index contributed by atoms with van der Waals surface area (Å²) in [7, 11) is 0. The molecular formula is C11H20N4O. The van der Waals surface area contributed by atoms with Crippen molar-refractivity contribution in [2.24, 2.45) is 5.73 Å². The van der Waals surface area contributed by atoms with Crippen LogP contribution in [0.2, 0.25) is 0 Å². The molecule has 0 aliphatic carbocycles. The van der Waals surface area contributed by atoms with Gasteiger partial charge in [-0.3, -0.25) is 9.89 Å². The summed E-state index contributed by atoms with van der Waals surface area (Å²) in [6.07, 6.45) is 3.37. The van der Waals surface area contributed by atoms with Crippen LogP contribution in [0, 0.1) is 6.92 Å². The maximum Gasteiger partial charge on any atom is 0.257 e. The zero-order chi connectivity index (χ0) is 12.0. The quantitative estimate of drug-likeness (QED) is 0.754. The van der Waals surface area contributed by atoms with Crippen molar-refractivity contribution >= 4 is 5.91 Å². The summed E-state index contributed by atoms with van der Waals surface area (Å²) < 4.78 is 0. The number of aromatic nitrogens is 2. The van der Waals surface area contributed by atoms with E-state index in [-0.39, 0.29) is 5.91 Å². The van der Waals surface area contributed by atoms with Gasteiger partial charge in [0, 0.05) is 18.8 Å². The van der Waals surface area contributed by atoms with Crippen molar-refractivity contribution in [3.05, 3.63) is 17.5 Å². The summed E-state index contributed by atoms with van der Waals surface area (Å²) >= 11 is 0. The number of nitrogens with zero attached hydrogens (tertiary/aromatic N) is 2. The molecule has 0 aliphatic rings. The number of carbonyl (C=O) groups is 1. The SMILES string of the molecule is CCCN(CCCN)C(=O)c1cn[nH]c1C. The van der Waals surface area contributed by atoms with Crippen molar-refractivity contribution in [3.8, 4) is 0 Å². The van der Waals surface area contributed by atoms with Crippen molar-refractivity contribution in [3.63, 3.8) is 0 Å². The Hall–Kier alpha value is -1.36. The van der Waals surface area contributed by atoms with Crippen LogP contribution >= 0.6 is 0 Å². The van der Waals surface area contributed by atoms with Crippen LogP contribution in [-0.4, -0.2) is 40.6 Å². The first-order chi connectivity index (χ1) is 7.70. The summed E-state index contributed by atoms with van der Waals surface area (Å²) in [4.78, 5) is 14.0. The number of amides is 1. The molecule has 0 saturated carbocycles. The predicted molar refractivity (Wildman–Crippen MR) is 63.2 cm³/mol. The molecule has 0 spiro atoms. The Morgan fingerprint density at radius 1 is 1.56 bits per heavy atom. The van der Waals surface area contributed by atoms with Crippen molar-refractivity contribution in [1.29, 1.82) is 0 Å². The van der Waals surface area contributed by atoms with E-state index in [0.717, 1.165) is 25.1 Å². The number of carbonyl (C=O) groups excluding carboxylic acids is 1. The Morgan fingerprint density at radius 3 is 2.81 bits per heavy atom. The maximum absolute atomic E-state index is 12.1. The molecular weight excluding hydrogens is 204 g/mol. The maximum atomic E-state index is 12.1. The van der Waals surface area contributed by atoms with E-state index < -0.39 is 0 Å². The Labute approximate surface area is 96.0 Å². The normalized spacial score (nSPS) is 10.4. The van der Waals surface area contributed by atoms with E-state index in [1.807, 2.05) is 11.8 Å². The molecule has 90 valence electrons. The minimum absolute atomic E-state index is 0.0431. The highest BCUT2D eigenvalue weighted by Crippen LogP contribution is 2.08. The molecule has 1 aromatic heterocycles. The number of nitrogens with two attached hydrogens (primary N) is 1. The van der Waals surface area contributed by atoms with E-state index in [2.05, 4.69) is 17.1 Å². The van der Waals surface area contributed by atoms with Gasteiger partial charge in [-0.25, -0.2) is 0 Å². The fourth-order valence-electron chi connectivity index (χ4n) is 1.60. The number of hydrogen-bond acceptors (Lipinski definition) is 3. The summed E-state index contributed by atoms with van der Waals surface area (Å²) in [6, 6.07) is 0. The van der Waals surface area contributed by atoms with Crippen LogP contribution in [0.15, 0.2) is 6.20 Å². The van der Waals surface area contributed by atoms with Crippen LogP contribution in [0.1, 0.15) is 35.8 Å². The lowest BCUT2D eigenvalue weighted by molar-refractivity contribution is 0.0754. The van der Waals surface area contributed by atoms with Gasteiger partial charge in [-0.15, -0.1) is 0 Å². The van der Waals surface area contributed by atoms with Crippen molar-refractivity contribution in [2.75, 3.05) is 19.6 Å². The van der Waals surface area contributed by atoms with Gasteiger partial charge in [0.15, 0.2) is 0 Å². The molecule has 0 saturated heterocycles. The topological polar surface area (TPSA) is 75.0 Å². The highest BCUT2D eigenvalue weighted by molar-refractivity contribution is 5.95. The fourth-order valence-corrected chi connectivity index (χ4v) is 1.60. The predicted octanol–water partition coefficient (Wildman–Crippen LogP) is 0.919. The molecule has 1 aromatic rings. The lowest BCUT2D eigenvalue weighted by Crippen LogP contribution is -2.33. The molecule has 0 fully saturated rings. The van der Waals surface area contributed by atoms with Gasteiger partial charge in [-0.2, -0.15) is 5.10 Å². The Morgan fingerprint density at radius 2 is 2.31 bits per heavy atom. The molecule has 16 heavy (non-hydrogen) atoms. The van der Waals surface area contributed by atoms with Crippen LogP contribution in [0.4, 0.5) is 0 Å². The van der Waals surface area contributed by atoms with Gasteiger partial charge in [-0.1, -0.05) is 6.92 Å². The lowest BCUT2D eigenvalue weighted by atomic mass is 10.2. The molecule has 3 N–H and O–H groups in total. The fraction of sp³-hybridized carbons (Fsp3) is 0.636.